The molecule has 0 aliphatic heterocycles. The average Bonchev–Trinajstić information content (AvgIpc) is 2.69. The van der Waals surface area contributed by atoms with Crippen molar-refractivity contribution in [3.8, 4) is 0 Å². The Morgan fingerprint density at radius 3 is 2.75 bits per heavy atom. The normalized spacial score (nSPS) is 11.5. The van der Waals surface area contributed by atoms with E-state index >= 15 is 0 Å². The van der Waals surface area contributed by atoms with Crippen molar-refractivity contribution in [1.82, 2.24) is 9.47 Å². The first-order valence-corrected chi connectivity index (χ1v) is 5.64. The molecule has 0 amide bonds. The number of rotatable bonds is 4. The molecule has 0 atom stereocenters. The summed E-state index contributed by atoms with van der Waals surface area (Å²) in [5.41, 5.74) is 8.24. The van der Waals surface area contributed by atoms with Crippen LogP contribution in [0, 0.1) is 0 Å². The molecule has 2 aromatic rings. The van der Waals surface area contributed by atoms with Gasteiger partial charge in [-0.2, -0.15) is 0 Å². The van der Waals surface area contributed by atoms with Gasteiger partial charge in [0.1, 0.15) is 0 Å². The zero-order chi connectivity index (χ0) is 11.5. The Bertz CT molecular complexity index is 471. The Morgan fingerprint density at radius 1 is 1.25 bits per heavy atom. The van der Waals surface area contributed by atoms with Crippen molar-refractivity contribution in [3.63, 3.8) is 0 Å². The van der Waals surface area contributed by atoms with Crippen LogP contribution >= 0.6 is 0 Å². The molecule has 1 heterocycles. The molecule has 0 aliphatic carbocycles. The first-order chi connectivity index (χ1) is 7.72. The van der Waals surface area contributed by atoms with E-state index in [4.69, 9.17) is 5.73 Å². The van der Waals surface area contributed by atoms with Gasteiger partial charge in [-0.1, -0.05) is 12.1 Å². The Balaban J connectivity index is 2.34. The smallest absolute Gasteiger partial charge is 0.0483 e. The molecule has 3 nitrogen and oxygen atoms in total. The van der Waals surface area contributed by atoms with Gasteiger partial charge in [0.15, 0.2) is 0 Å². The van der Waals surface area contributed by atoms with Crippen molar-refractivity contribution < 1.29 is 0 Å². The molecule has 2 rings (SSSR count). The van der Waals surface area contributed by atoms with Crippen LogP contribution in [0.5, 0.6) is 0 Å². The SMILES string of the molecule is CN(C)CCn1ccc2c(CN)cccc21. The maximum atomic E-state index is 5.73. The molecule has 0 unspecified atom stereocenters. The van der Waals surface area contributed by atoms with Gasteiger partial charge >= 0.3 is 0 Å². The zero-order valence-electron chi connectivity index (χ0n) is 9.98. The molecule has 0 fully saturated rings. The van der Waals surface area contributed by atoms with Gasteiger partial charge in [0.2, 0.25) is 0 Å². The Hall–Kier alpha value is -1.32. The molecule has 0 spiro atoms. The molecule has 0 saturated heterocycles. The number of likely N-dealkylation sites (N-methyl/N-ethyl adjacent to an activating group) is 1. The summed E-state index contributed by atoms with van der Waals surface area (Å²) in [6, 6.07) is 8.49. The first-order valence-electron chi connectivity index (χ1n) is 5.64. The van der Waals surface area contributed by atoms with Crippen molar-refractivity contribution in [2.75, 3.05) is 20.6 Å². The molecule has 86 valence electrons. The monoisotopic (exact) mass is 217 g/mol. The summed E-state index contributed by atoms with van der Waals surface area (Å²) in [4.78, 5) is 2.19. The summed E-state index contributed by atoms with van der Waals surface area (Å²) in [6.07, 6.45) is 2.15. The molecule has 0 bridgehead atoms. The molecule has 16 heavy (non-hydrogen) atoms. The highest BCUT2D eigenvalue weighted by molar-refractivity contribution is 5.83. The minimum atomic E-state index is 0.606. The minimum absolute atomic E-state index is 0.606. The highest BCUT2D eigenvalue weighted by Crippen LogP contribution is 2.19. The summed E-state index contributed by atoms with van der Waals surface area (Å²) in [7, 11) is 4.19. The summed E-state index contributed by atoms with van der Waals surface area (Å²) in [5.74, 6) is 0. The van der Waals surface area contributed by atoms with Crippen molar-refractivity contribution in [2.24, 2.45) is 5.73 Å². The van der Waals surface area contributed by atoms with Gasteiger partial charge < -0.3 is 15.2 Å². The average molecular weight is 217 g/mol. The van der Waals surface area contributed by atoms with E-state index in [0.29, 0.717) is 6.54 Å². The van der Waals surface area contributed by atoms with E-state index in [9.17, 15) is 0 Å². The first kappa shape index (κ1) is 11.2. The molecule has 0 radical (unpaired) electrons. The van der Waals surface area contributed by atoms with Crippen molar-refractivity contribution in [3.05, 3.63) is 36.0 Å². The van der Waals surface area contributed by atoms with Gasteiger partial charge in [0, 0.05) is 36.7 Å². The van der Waals surface area contributed by atoms with Gasteiger partial charge in [0.05, 0.1) is 0 Å². The molecular weight excluding hydrogens is 198 g/mol. The predicted molar refractivity (Wildman–Crippen MR) is 68.4 cm³/mol. The Labute approximate surface area is 96.5 Å². The topological polar surface area (TPSA) is 34.2 Å². The van der Waals surface area contributed by atoms with E-state index in [-0.39, 0.29) is 0 Å². The lowest BCUT2D eigenvalue weighted by atomic mass is 10.1. The highest BCUT2D eigenvalue weighted by atomic mass is 15.1. The molecule has 2 N–H and O–H groups in total. The van der Waals surface area contributed by atoms with E-state index < -0.39 is 0 Å². The maximum Gasteiger partial charge on any atom is 0.0483 e. The summed E-state index contributed by atoms with van der Waals surface area (Å²) >= 11 is 0. The van der Waals surface area contributed by atoms with Crippen LogP contribution in [0.1, 0.15) is 5.56 Å². The summed E-state index contributed by atoms with van der Waals surface area (Å²) in [5, 5.41) is 1.28. The van der Waals surface area contributed by atoms with Gasteiger partial charge in [-0.25, -0.2) is 0 Å². The van der Waals surface area contributed by atoms with Crippen molar-refractivity contribution in [2.45, 2.75) is 13.1 Å². The lowest BCUT2D eigenvalue weighted by Gasteiger charge is -2.11. The number of hydrogen-bond donors (Lipinski definition) is 1. The standard InChI is InChI=1S/C13H19N3/c1-15(2)8-9-16-7-6-12-11(10-14)4-3-5-13(12)16/h3-7H,8-10,14H2,1-2H3. The zero-order valence-corrected chi connectivity index (χ0v) is 9.98. The minimum Gasteiger partial charge on any atom is -0.346 e. The molecule has 1 aromatic heterocycles. The van der Waals surface area contributed by atoms with Crippen LogP contribution in [-0.2, 0) is 13.1 Å². The van der Waals surface area contributed by atoms with E-state index in [1.54, 1.807) is 0 Å². The Kier molecular flexibility index (Phi) is 3.27. The maximum absolute atomic E-state index is 5.73. The number of benzene rings is 1. The highest BCUT2D eigenvalue weighted by Gasteiger charge is 2.04. The largest absolute Gasteiger partial charge is 0.346 e. The third kappa shape index (κ3) is 2.10. The number of nitrogens with two attached hydrogens (primary N) is 1. The van der Waals surface area contributed by atoms with Crippen LogP contribution in [0.2, 0.25) is 0 Å². The second-order valence-corrected chi connectivity index (χ2v) is 4.37. The van der Waals surface area contributed by atoms with Gasteiger partial charge in [-0.3, -0.25) is 0 Å². The van der Waals surface area contributed by atoms with Crippen LogP contribution in [0.15, 0.2) is 30.5 Å². The third-order valence-corrected chi connectivity index (χ3v) is 2.91. The molecule has 3 heteroatoms. The lowest BCUT2D eigenvalue weighted by molar-refractivity contribution is 0.387. The fourth-order valence-corrected chi connectivity index (χ4v) is 1.97. The van der Waals surface area contributed by atoms with E-state index in [0.717, 1.165) is 13.1 Å². The third-order valence-electron chi connectivity index (χ3n) is 2.91. The van der Waals surface area contributed by atoms with E-state index in [1.807, 2.05) is 0 Å². The van der Waals surface area contributed by atoms with Gasteiger partial charge in [0.25, 0.3) is 0 Å². The lowest BCUT2D eigenvalue weighted by Crippen LogP contribution is -2.17. The van der Waals surface area contributed by atoms with Gasteiger partial charge in [-0.05, 0) is 31.8 Å². The fourth-order valence-electron chi connectivity index (χ4n) is 1.97. The summed E-state index contributed by atoms with van der Waals surface area (Å²) in [6.45, 7) is 2.68. The molecular formula is C13H19N3. The molecule has 0 saturated carbocycles. The Morgan fingerprint density at radius 2 is 2.06 bits per heavy atom. The number of nitrogens with zero attached hydrogens (tertiary/aromatic N) is 2. The second-order valence-electron chi connectivity index (χ2n) is 4.37. The molecule has 1 aromatic carbocycles. The van der Waals surface area contributed by atoms with Crippen molar-refractivity contribution >= 4 is 10.9 Å². The second kappa shape index (κ2) is 4.68. The van der Waals surface area contributed by atoms with Crippen LogP contribution in [0.25, 0.3) is 10.9 Å². The number of hydrogen-bond acceptors (Lipinski definition) is 2. The van der Waals surface area contributed by atoms with Crippen LogP contribution < -0.4 is 5.73 Å². The quantitative estimate of drug-likeness (QED) is 0.845. The predicted octanol–water partition coefficient (Wildman–Crippen LogP) is 1.66. The van der Waals surface area contributed by atoms with E-state index in [1.165, 1.54) is 16.5 Å². The molecule has 0 aliphatic rings. The van der Waals surface area contributed by atoms with E-state index in [2.05, 4.69) is 54.0 Å². The summed E-state index contributed by atoms with van der Waals surface area (Å²) < 4.78 is 2.29. The van der Waals surface area contributed by atoms with Gasteiger partial charge in [-0.15, -0.1) is 0 Å². The van der Waals surface area contributed by atoms with Crippen molar-refractivity contribution in [1.29, 1.82) is 0 Å². The van der Waals surface area contributed by atoms with Crippen LogP contribution in [0.4, 0.5) is 0 Å². The fraction of sp³-hybridized carbons (Fsp3) is 0.385. The number of aromatic nitrogens is 1. The number of fused-ring (bicyclic) bond motifs is 1. The van der Waals surface area contributed by atoms with Crippen LogP contribution in [0.3, 0.4) is 0 Å². The van der Waals surface area contributed by atoms with Crippen LogP contribution in [-0.4, -0.2) is 30.1 Å².